The normalized spacial score (nSPS) is 10.9. The number of anilines is 1. The zero-order chi connectivity index (χ0) is 27.6. The molecule has 0 saturated heterocycles. The maximum Gasteiger partial charge on any atom is 0.266 e. The number of carbonyl (C=O) groups is 1. The van der Waals surface area contributed by atoms with Gasteiger partial charge in [-0.1, -0.05) is 71.5 Å². The zero-order valence-electron chi connectivity index (χ0n) is 21.8. The number of aromatic nitrogens is 3. The van der Waals surface area contributed by atoms with Crippen molar-refractivity contribution in [1.29, 1.82) is 0 Å². The molecule has 0 aliphatic heterocycles. The summed E-state index contributed by atoms with van der Waals surface area (Å²) >= 11 is 1.28. The van der Waals surface area contributed by atoms with Crippen LogP contribution in [0, 0.1) is 6.92 Å². The van der Waals surface area contributed by atoms with Crippen molar-refractivity contribution in [3.63, 3.8) is 0 Å². The number of aryl methyl sites for hydroxylation is 1. The van der Waals surface area contributed by atoms with Crippen LogP contribution in [0.4, 0.5) is 5.13 Å². The van der Waals surface area contributed by atoms with E-state index >= 15 is 0 Å². The van der Waals surface area contributed by atoms with E-state index in [1.807, 2.05) is 79.7 Å². The van der Waals surface area contributed by atoms with Gasteiger partial charge in [0.1, 0.15) is 10.6 Å². The number of amides is 1. The molecule has 6 aromatic rings. The Morgan fingerprint density at radius 2 is 1.55 bits per heavy atom. The molecule has 0 saturated carbocycles. The van der Waals surface area contributed by atoms with Gasteiger partial charge in [0.2, 0.25) is 0 Å². The molecule has 0 fully saturated rings. The lowest BCUT2D eigenvalue weighted by molar-refractivity contribution is 0.102. The summed E-state index contributed by atoms with van der Waals surface area (Å²) in [7, 11) is 1.60. The standard InChI is InChI=1S/C32H24N4O3S/c1-20-12-14-22(15-13-20)30(37)35-32-34-27(21-8-4-3-5-9-21)28(40-32)29-33-26-11-7-6-10-25(26)31(38)36(29)23-16-18-24(39-2)19-17-23/h3-19H,1-2H3,(H,34,35,37). The van der Waals surface area contributed by atoms with Crippen molar-refractivity contribution < 1.29 is 9.53 Å². The molecular formula is C32H24N4O3S. The molecule has 196 valence electrons. The maximum atomic E-state index is 13.9. The molecule has 0 spiro atoms. The van der Waals surface area contributed by atoms with E-state index in [9.17, 15) is 9.59 Å². The van der Waals surface area contributed by atoms with Gasteiger partial charge < -0.3 is 4.74 Å². The molecule has 0 bridgehead atoms. The van der Waals surface area contributed by atoms with Crippen LogP contribution >= 0.6 is 11.3 Å². The number of hydrogen-bond donors (Lipinski definition) is 1. The fourth-order valence-corrected chi connectivity index (χ4v) is 5.41. The highest BCUT2D eigenvalue weighted by atomic mass is 32.1. The van der Waals surface area contributed by atoms with Gasteiger partial charge in [-0.05, 0) is 55.5 Å². The second-order valence-corrected chi connectivity index (χ2v) is 10.2. The number of carbonyl (C=O) groups excluding carboxylic acids is 1. The average molecular weight is 545 g/mol. The van der Waals surface area contributed by atoms with Crippen LogP contribution in [-0.4, -0.2) is 27.6 Å². The molecule has 4 aromatic carbocycles. The summed E-state index contributed by atoms with van der Waals surface area (Å²) in [6, 6.07) is 31.5. The second-order valence-electron chi connectivity index (χ2n) is 9.17. The zero-order valence-corrected chi connectivity index (χ0v) is 22.6. The molecule has 1 amide bonds. The third kappa shape index (κ3) is 4.76. The number of nitrogens with zero attached hydrogens (tertiary/aromatic N) is 3. The molecule has 2 aromatic heterocycles. The Labute approximate surface area is 234 Å². The summed E-state index contributed by atoms with van der Waals surface area (Å²) in [5, 5.41) is 3.85. The molecule has 6 rings (SSSR count). The number of nitrogens with one attached hydrogen (secondary N) is 1. The number of hydrogen-bond acceptors (Lipinski definition) is 6. The van der Waals surface area contributed by atoms with E-state index in [4.69, 9.17) is 14.7 Å². The van der Waals surface area contributed by atoms with Crippen LogP contribution in [0.5, 0.6) is 5.75 Å². The number of rotatable bonds is 6. The van der Waals surface area contributed by atoms with Gasteiger partial charge in [0.25, 0.3) is 11.5 Å². The highest BCUT2D eigenvalue weighted by Crippen LogP contribution is 2.39. The summed E-state index contributed by atoms with van der Waals surface area (Å²) in [6.45, 7) is 1.97. The minimum Gasteiger partial charge on any atom is -0.497 e. The number of fused-ring (bicyclic) bond motifs is 1. The Bertz CT molecular complexity index is 1890. The van der Waals surface area contributed by atoms with Crippen LogP contribution in [-0.2, 0) is 0 Å². The van der Waals surface area contributed by atoms with Gasteiger partial charge in [-0.3, -0.25) is 19.5 Å². The van der Waals surface area contributed by atoms with Gasteiger partial charge in [-0.2, -0.15) is 0 Å². The van der Waals surface area contributed by atoms with Crippen LogP contribution in [0.2, 0.25) is 0 Å². The van der Waals surface area contributed by atoms with Crippen LogP contribution < -0.4 is 15.6 Å². The molecule has 0 atom stereocenters. The van der Waals surface area contributed by atoms with Crippen LogP contribution in [0.3, 0.4) is 0 Å². The first-order chi connectivity index (χ1) is 19.5. The van der Waals surface area contributed by atoms with E-state index in [-0.39, 0.29) is 11.5 Å². The van der Waals surface area contributed by atoms with E-state index in [0.29, 0.717) is 49.4 Å². The molecule has 0 aliphatic rings. The van der Waals surface area contributed by atoms with Crippen molar-refractivity contribution in [2.75, 3.05) is 12.4 Å². The second kappa shape index (κ2) is 10.6. The minimum atomic E-state index is -0.265. The molecule has 8 heteroatoms. The fourth-order valence-electron chi connectivity index (χ4n) is 4.45. The summed E-state index contributed by atoms with van der Waals surface area (Å²) in [4.78, 5) is 37.4. The topological polar surface area (TPSA) is 86.1 Å². The molecule has 7 nitrogen and oxygen atoms in total. The SMILES string of the molecule is COc1ccc(-n2c(-c3sc(NC(=O)c4ccc(C)cc4)nc3-c3ccccc3)nc3ccccc3c2=O)cc1. The van der Waals surface area contributed by atoms with E-state index < -0.39 is 0 Å². The first-order valence-corrected chi connectivity index (χ1v) is 13.4. The number of ether oxygens (including phenoxy) is 1. The van der Waals surface area contributed by atoms with E-state index in [1.165, 1.54) is 11.3 Å². The number of para-hydroxylation sites is 1. The molecule has 2 heterocycles. The Morgan fingerprint density at radius 3 is 2.27 bits per heavy atom. The monoisotopic (exact) mass is 544 g/mol. The molecule has 0 unspecified atom stereocenters. The van der Waals surface area contributed by atoms with Crippen LogP contribution in [0.1, 0.15) is 15.9 Å². The summed E-state index contributed by atoms with van der Waals surface area (Å²) < 4.78 is 6.92. The van der Waals surface area contributed by atoms with Crippen LogP contribution in [0.15, 0.2) is 108 Å². The lowest BCUT2D eigenvalue weighted by atomic mass is 10.1. The highest BCUT2D eigenvalue weighted by molar-refractivity contribution is 7.19. The molecule has 40 heavy (non-hydrogen) atoms. The fraction of sp³-hybridized carbons (Fsp3) is 0.0625. The summed E-state index contributed by atoms with van der Waals surface area (Å²) in [6.07, 6.45) is 0. The first kappa shape index (κ1) is 25.2. The smallest absolute Gasteiger partial charge is 0.266 e. The van der Waals surface area contributed by atoms with Gasteiger partial charge in [0.15, 0.2) is 11.0 Å². The number of thiazole rings is 1. The van der Waals surface area contributed by atoms with Gasteiger partial charge in [0, 0.05) is 11.1 Å². The quantitative estimate of drug-likeness (QED) is 0.251. The third-order valence-electron chi connectivity index (χ3n) is 6.52. The number of benzene rings is 4. The lowest BCUT2D eigenvalue weighted by Crippen LogP contribution is -2.21. The van der Waals surface area contributed by atoms with Crippen molar-refractivity contribution in [3.8, 4) is 33.4 Å². The molecule has 0 aliphatic carbocycles. The van der Waals surface area contributed by atoms with E-state index in [0.717, 1.165) is 11.1 Å². The van der Waals surface area contributed by atoms with Gasteiger partial charge in [0.05, 0.1) is 29.4 Å². The minimum absolute atomic E-state index is 0.205. The largest absolute Gasteiger partial charge is 0.497 e. The Hall–Kier alpha value is -5.08. The summed E-state index contributed by atoms with van der Waals surface area (Å²) in [5.41, 5.74) is 4.06. The van der Waals surface area contributed by atoms with Crippen molar-refractivity contribution in [3.05, 3.63) is 125 Å². The Kier molecular flexibility index (Phi) is 6.67. The van der Waals surface area contributed by atoms with Crippen molar-refractivity contribution in [2.24, 2.45) is 0 Å². The van der Waals surface area contributed by atoms with Crippen molar-refractivity contribution in [1.82, 2.24) is 14.5 Å². The lowest BCUT2D eigenvalue weighted by Gasteiger charge is -2.14. The highest BCUT2D eigenvalue weighted by Gasteiger charge is 2.23. The predicted molar refractivity (Wildman–Crippen MR) is 160 cm³/mol. The average Bonchev–Trinajstić information content (AvgIpc) is 3.41. The van der Waals surface area contributed by atoms with Crippen molar-refractivity contribution >= 4 is 33.3 Å². The van der Waals surface area contributed by atoms with Crippen molar-refractivity contribution in [2.45, 2.75) is 6.92 Å². The Balaban J connectivity index is 1.56. The predicted octanol–water partition coefficient (Wildman–Crippen LogP) is 6.75. The maximum absolute atomic E-state index is 13.9. The van der Waals surface area contributed by atoms with E-state index in [1.54, 1.807) is 42.0 Å². The molecule has 1 N–H and O–H groups in total. The third-order valence-corrected chi connectivity index (χ3v) is 7.48. The molecular weight excluding hydrogens is 520 g/mol. The summed E-state index contributed by atoms with van der Waals surface area (Å²) in [5.74, 6) is 0.843. The van der Waals surface area contributed by atoms with Gasteiger partial charge >= 0.3 is 0 Å². The van der Waals surface area contributed by atoms with Gasteiger partial charge in [-0.25, -0.2) is 9.97 Å². The Morgan fingerprint density at radius 1 is 0.850 bits per heavy atom. The molecule has 0 radical (unpaired) electrons. The number of methoxy groups -OCH3 is 1. The first-order valence-electron chi connectivity index (χ1n) is 12.6. The van der Waals surface area contributed by atoms with Crippen LogP contribution in [0.25, 0.3) is 38.5 Å². The van der Waals surface area contributed by atoms with E-state index in [2.05, 4.69) is 5.32 Å². The van der Waals surface area contributed by atoms with Gasteiger partial charge in [-0.15, -0.1) is 0 Å².